The van der Waals surface area contributed by atoms with Crippen molar-refractivity contribution < 1.29 is 4.74 Å². The lowest BCUT2D eigenvalue weighted by Gasteiger charge is -2.30. The Labute approximate surface area is 135 Å². The van der Waals surface area contributed by atoms with Crippen LogP contribution in [0.15, 0.2) is 43.1 Å². The summed E-state index contributed by atoms with van der Waals surface area (Å²) in [7, 11) is 2.02. The van der Waals surface area contributed by atoms with Crippen molar-refractivity contribution in [1.82, 2.24) is 24.5 Å². The van der Waals surface area contributed by atoms with Crippen LogP contribution in [0.5, 0.6) is 0 Å². The van der Waals surface area contributed by atoms with Gasteiger partial charge in [0.05, 0.1) is 29.9 Å². The molecular formula is C17H21N5O. The van der Waals surface area contributed by atoms with E-state index < -0.39 is 0 Å². The Hall–Kier alpha value is -2.18. The number of pyridine rings is 1. The molecule has 6 nitrogen and oxygen atoms in total. The number of imidazole rings is 1. The second-order valence-electron chi connectivity index (χ2n) is 6.09. The smallest absolute Gasteiger partial charge is 0.100 e. The predicted octanol–water partition coefficient (Wildman–Crippen LogP) is 2.08. The Morgan fingerprint density at radius 1 is 1.35 bits per heavy atom. The fourth-order valence-corrected chi connectivity index (χ4v) is 3.24. The highest BCUT2D eigenvalue weighted by atomic mass is 16.5. The maximum Gasteiger partial charge on any atom is 0.100 e. The van der Waals surface area contributed by atoms with E-state index in [4.69, 9.17) is 4.74 Å². The Morgan fingerprint density at radius 3 is 3.17 bits per heavy atom. The molecule has 0 spiro atoms. The fourth-order valence-electron chi connectivity index (χ4n) is 3.24. The van der Waals surface area contributed by atoms with Crippen molar-refractivity contribution in [3.63, 3.8) is 0 Å². The molecule has 1 fully saturated rings. The number of nitrogens with one attached hydrogen (secondary N) is 1. The molecule has 0 bridgehead atoms. The van der Waals surface area contributed by atoms with E-state index in [0.717, 1.165) is 37.2 Å². The van der Waals surface area contributed by atoms with Crippen LogP contribution >= 0.6 is 0 Å². The van der Waals surface area contributed by atoms with Gasteiger partial charge in [-0.3, -0.25) is 0 Å². The molecule has 3 aromatic rings. The molecule has 1 aliphatic heterocycles. The van der Waals surface area contributed by atoms with E-state index >= 15 is 0 Å². The summed E-state index contributed by atoms with van der Waals surface area (Å²) < 4.78 is 9.88. The van der Waals surface area contributed by atoms with Crippen LogP contribution in [0.25, 0.3) is 5.52 Å². The molecule has 23 heavy (non-hydrogen) atoms. The average Bonchev–Trinajstić information content (AvgIpc) is 3.19. The zero-order valence-corrected chi connectivity index (χ0v) is 13.2. The lowest BCUT2D eigenvalue weighted by atomic mass is 10.0. The van der Waals surface area contributed by atoms with Gasteiger partial charge in [-0.15, -0.1) is 0 Å². The van der Waals surface area contributed by atoms with Gasteiger partial charge in [0.15, 0.2) is 0 Å². The normalized spacial score (nSPS) is 21.8. The first-order valence-electron chi connectivity index (χ1n) is 8.04. The molecular weight excluding hydrogens is 290 g/mol. The summed E-state index contributed by atoms with van der Waals surface area (Å²) in [6.07, 6.45) is 9.78. The summed E-state index contributed by atoms with van der Waals surface area (Å²) in [5, 5.41) is 8.05. The molecule has 1 N–H and O–H groups in total. The Balaban J connectivity index is 1.42. The molecule has 0 amide bonds. The maximum atomic E-state index is 5.92. The molecule has 120 valence electrons. The number of aryl methyl sites for hydroxylation is 1. The lowest BCUT2D eigenvalue weighted by Crippen LogP contribution is -2.36. The summed E-state index contributed by atoms with van der Waals surface area (Å²) in [4.78, 5) is 4.19. The van der Waals surface area contributed by atoms with Crippen LogP contribution in [0.1, 0.15) is 30.2 Å². The van der Waals surface area contributed by atoms with Crippen LogP contribution in [-0.2, 0) is 18.3 Å². The summed E-state index contributed by atoms with van der Waals surface area (Å²) in [6, 6.07) is 6.59. The molecule has 1 saturated heterocycles. The lowest BCUT2D eigenvalue weighted by molar-refractivity contribution is -0.00402. The largest absolute Gasteiger partial charge is 0.372 e. The number of fused-ring (bicyclic) bond motifs is 1. The second-order valence-corrected chi connectivity index (χ2v) is 6.09. The molecule has 4 heterocycles. The monoisotopic (exact) mass is 311 g/mol. The maximum absolute atomic E-state index is 5.92. The van der Waals surface area contributed by atoms with Gasteiger partial charge in [-0.05, 0) is 25.0 Å². The minimum Gasteiger partial charge on any atom is -0.372 e. The highest BCUT2D eigenvalue weighted by Crippen LogP contribution is 2.27. The van der Waals surface area contributed by atoms with E-state index in [1.54, 1.807) is 0 Å². The van der Waals surface area contributed by atoms with Crippen molar-refractivity contribution in [3.8, 4) is 0 Å². The van der Waals surface area contributed by atoms with Gasteiger partial charge in [0.1, 0.15) is 6.10 Å². The molecule has 6 heteroatoms. The quantitative estimate of drug-likeness (QED) is 0.801. The number of aromatic nitrogens is 4. The van der Waals surface area contributed by atoms with Crippen molar-refractivity contribution >= 4 is 5.52 Å². The minimum absolute atomic E-state index is 0.123. The third-order valence-corrected chi connectivity index (χ3v) is 4.56. The first kappa shape index (κ1) is 14.4. The zero-order valence-electron chi connectivity index (χ0n) is 13.2. The van der Waals surface area contributed by atoms with Gasteiger partial charge in [0, 0.05) is 38.0 Å². The number of ether oxygens (including phenoxy) is 1. The first-order valence-corrected chi connectivity index (χ1v) is 8.04. The van der Waals surface area contributed by atoms with Crippen molar-refractivity contribution in [3.05, 3.63) is 54.4 Å². The number of hydrogen-bond acceptors (Lipinski definition) is 4. The highest BCUT2D eigenvalue weighted by molar-refractivity contribution is 5.53. The van der Waals surface area contributed by atoms with Crippen LogP contribution in [0.4, 0.5) is 0 Å². The SMILES string of the molecule is Cn1cncc1[C@H]1C[C@@H](NCc2cnn3ccccc23)CCO1. The van der Waals surface area contributed by atoms with Crippen LogP contribution in [0.3, 0.4) is 0 Å². The van der Waals surface area contributed by atoms with Gasteiger partial charge in [0.25, 0.3) is 0 Å². The van der Waals surface area contributed by atoms with Gasteiger partial charge >= 0.3 is 0 Å². The average molecular weight is 311 g/mol. The van der Waals surface area contributed by atoms with E-state index in [0.29, 0.717) is 6.04 Å². The number of hydrogen-bond donors (Lipinski definition) is 1. The van der Waals surface area contributed by atoms with Crippen molar-refractivity contribution in [2.45, 2.75) is 31.5 Å². The molecule has 0 aliphatic carbocycles. The third kappa shape index (κ3) is 2.87. The zero-order chi connectivity index (χ0) is 15.6. The van der Waals surface area contributed by atoms with Crippen LogP contribution in [-0.4, -0.2) is 31.8 Å². The Morgan fingerprint density at radius 2 is 2.30 bits per heavy atom. The third-order valence-electron chi connectivity index (χ3n) is 4.56. The van der Waals surface area contributed by atoms with Gasteiger partial charge < -0.3 is 14.6 Å². The molecule has 1 aliphatic rings. The molecule has 4 rings (SSSR count). The van der Waals surface area contributed by atoms with E-state index in [2.05, 4.69) is 21.5 Å². The van der Waals surface area contributed by atoms with Gasteiger partial charge in [0.2, 0.25) is 0 Å². The molecule has 0 unspecified atom stereocenters. The molecule has 0 radical (unpaired) electrons. The van der Waals surface area contributed by atoms with Crippen LogP contribution in [0.2, 0.25) is 0 Å². The first-order chi connectivity index (χ1) is 11.3. The van der Waals surface area contributed by atoms with Crippen molar-refractivity contribution in [2.24, 2.45) is 7.05 Å². The highest BCUT2D eigenvalue weighted by Gasteiger charge is 2.25. The Kier molecular flexibility index (Phi) is 3.85. The van der Waals surface area contributed by atoms with E-state index in [1.165, 1.54) is 5.56 Å². The van der Waals surface area contributed by atoms with Gasteiger partial charge in [-0.2, -0.15) is 5.10 Å². The standard InChI is InChI=1S/C17H21N5O/c1-21-12-18-11-16(21)17-8-14(5-7-23-17)19-9-13-10-20-22-6-3-2-4-15(13)22/h2-4,6,10-12,14,17,19H,5,7-9H2,1H3/t14-,17+/m0/s1. The topological polar surface area (TPSA) is 56.4 Å². The molecule has 3 aromatic heterocycles. The number of nitrogens with zero attached hydrogens (tertiary/aromatic N) is 4. The second kappa shape index (κ2) is 6.14. The van der Waals surface area contributed by atoms with Crippen LogP contribution < -0.4 is 5.32 Å². The number of rotatable bonds is 4. The predicted molar refractivity (Wildman–Crippen MR) is 87.0 cm³/mol. The summed E-state index contributed by atoms with van der Waals surface area (Å²) in [6.45, 7) is 1.61. The molecule has 2 atom stereocenters. The van der Waals surface area contributed by atoms with Gasteiger partial charge in [-0.25, -0.2) is 9.50 Å². The van der Waals surface area contributed by atoms with E-state index in [1.807, 2.05) is 53.2 Å². The van der Waals surface area contributed by atoms with E-state index in [9.17, 15) is 0 Å². The summed E-state index contributed by atoms with van der Waals surface area (Å²) in [5.41, 5.74) is 3.54. The molecule has 0 aromatic carbocycles. The Bertz CT molecular complexity index is 793. The van der Waals surface area contributed by atoms with Gasteiger partial charge in [-0.1, -0.05) is 6.07 Å². The van der Waals surface area contributed by atoms with Crippen molar-refractivity contribution in [2.75, 3.05) is 6.61 Å². The summed E-state index contributed by atoms with van der Waals surface area (Å²) in [5.74, 6) is 0. The molecule has 0 saturated carbocycles. The minimum atomic E-state index is 0.123. The summed E-state index contributed by atoms with van der Waals surface area (Å²) >= 11 is 0. The van der Waals surface area contributed by atoms with Crippen molar-refractivity contribution in [1.29, 1.82) is 0 Å². The fraction of sp³-hybridized carbons (Fsp3) is 0.412. The van der Waals surface area contributed by atoms with Crippen LogP contribution in [0, 0.1) is 0 Å². The van der Waals surface area contributed by atoms with E-state index in [-0.39, 0.29) is 6.10 Å².